The van der Waals surface area contributed by atoms with Crippen molar-refractivity contribution in [3.63, 3.8) is 0 Å². The molecule has 5 nitrogen and oxygen atoms in total. The summed E-state index contributed by atoms with van der Waals surface area (Å²) < 4.78 is 25.4. The molecule has 0 fully saturated rings. The highest BCUT2D eigenvalue weighted by Gasteiger charge is 2.15. The largest absolute Gasteiger partial charge is 0.493 e. The highest BCUT2D eigenvalue weighted by atomic mass is 19.1. The monoisotopic (exact) mass is 456 g/mol. The molecular formula is C28H25FN2O3. The smallest absolute Gasteiger partial charge is 0.266 e. The molecule has 0 atom stereocenters. The van der Waals surface area contributed by atoms with Crippen molar-refractivity contribution in [3.05, 3.63) is 107 Å². The number of aryl methyl sites for hydroxylation is 1. The molecule has 0 saturated carbocycles. The van der Waals surface area contributed by atoms with E-state index in [-0.39, 0.29) is 18.0 Å². The highest BCUT2D eigenvalue weighted by molar-refractivity contribution is 6.09. The van der Waals surface area contributed by atoms with Crippen LogP contribution in [0.2, 0.25) is 0 Å². The van der Waals surface area contributed by atoms with E-state index in [1.807, 2.05) is 25.1 Å². The molecule has 3 aromatic carbocycles. The van der Waals surface area contributed by atoms with Gasteiger partial charge in [0.2, 0.25) is 0 Å². The number of halogens is 1. The van der Waals surface area contributed by atoms with Gasteiger partial charge in [-0.05, 0) is 55.3 Å². The lowest BCUT2D eigenvalue weighted by molar-refractivity contribution is -0.112. The lowest BCUT2D eigenvalue weighted by Crippen LogP contribution is -2.13. The molecule has 3 rings (SSSR count). The summed E-state index contributed by atoms with van der Waals surface area (Å²) in [6.07, 6.45) is 3.63. The first-order chi connectivity index (χ1) is 16.4. The molecule has 0 saturated heterocycles. The van der Waals surface area contributed by atoms with Gasteiger partial charge in [0.1, 0.15) is 24.1 Å². The van der Waals surface area contributed by atoms with E-state index in [1.165, 1.54) is 19.3 Å². The van der Waals surface area contributed by atoms with Gasteiger partial charge in [0.05, 0.1) is 7.11 Å². The molecule has 0 aliphatic carbocycles. The summed E-state index contributed by atoms with van der Waals surface area (Å²) in [5.74, 6) is -0.0244. The van der Waals surface area contributed by atoms with Gasteiger partial charge in [-0.3, -0.25) is 4.79 Å². The number of nitrogens with zero attached hydrogens (tertiary/aromatic N) is 1. The fourth-order valence-corrected chi connectivity index (χ4v) is 3.31. The number of benzene rings is 3. The van der Waals surface area contributed by atoms with Crippen LogP contribution in [-0.4, -0.2) is 13.0 Å². The molecule has 0 bridgehead atoms. The minimum atomic E-state index is -0.518. The summed E-state index contributed by atoms with van der Waals surface area (Å²) in [5, 5.41) is 12.3. The number of ether oxygens (including phenoxy) is 2. The average molecular weight is 457 g/mol. The number of carbonyl (C=O) groups is 1. The second-order valence-corrected chi connectivity index (χ2v) is 7.57. The molecule has 0 aliphatic rings. The maximum absolute atomic E-state index is 14.0. The second kappa shape index (κ2) is 11.5. The number of anilines is 1. The Morgan fingerprint density at radius 2 is 1.88 bits per heavy atom. The Hall–Kier alpha value is -4.37. The molecule has 0 unspecified atom stereocenters. The highest BCUT2D eigenvalue weighted by Crippen LogP contribution is 2.35. The Balaban J connectivity index is 1.90. The number of amides is 1. The summed E-state index contributed by atoms with van der Waals surface area (Å²) in [5.41, 5.74) is 3.33. The Morgan fingerprint density at radius 3 is 2.53 bits per heavy atom. The van der Waals surface area contributed by atoms with Crippen molar-refractivity contribution >= 4 is 17.7 Å². The average Bonchev–Trinajstić information content (AvgIpc) is 2.84. The third-order valence-electron chi connectivity index (χ3n) is 5.05. The quantitative estimate of drug-likeness (QED) is 0.244. The van der Waals surface area contributed by atoms with Gasteiger partial charge in [-0.2, -0.15) is 5.26 Å². The molecule has 0 heterocycles. The number of carbonyl (C=O) groups excluding carboxylic acids is 1. The topological polar surface area (TPSA) is 71.4 Å². The van der Waals surface area contributed by atoms with Gasteiger partial charge < -0.3 is 14.8 Å². The second-order valence-electron chi connectivity index (χ2n) is 7.57. The Labute approximate surface area is 198 Å². The first-order valence-electron chi connectivity index (χ1n) is 10.6. The van der Waals surface area contributed by atoms with Crippen LogP contribution in [-0.2, 0) is 17.8 Å². The van der Waals surface area contributed by atoms with Crippen LogP contribution < -0.4 is 14.8 Å². The molecule has 172 valence electrons. The van der Waals surface area contributed by atoms with Gasteiger partial charge in [-0.25, -0.2) is 4.39 Å². The van der Waals surface area contributed by atoms with E-state index in [4.69, 9.17) is 9.47 Å². The van der Waals surface area contributed by atoms with Crippen molar-refractivity contribution < 1.29 is 18.7 Å². The van der Waals surface area contributed by atoms with E-state index < -0.39 is 5.91 Å². The van der Waals surface area contributed by atoms with E-state index >= 15 is 0 Å². The van der Waals surface area contributed by atoms with Gasteiger partial charge in [-0.15, -0.1) is 6.58 Å². The van der Waals surface area contributed by atoms with Crippen LogP contribution in [0.25, 0.3) is 6.08 Å². The molecule has 0 aliphatic heterocycles. The van der Waals surface area contributed by atoms with Crippen molar-refractivity contribution in [2.75, 3.05) is 12.4 Å². The number of nitrogens with one attached hydrogen (secondary N) is 1. The van der Waals surface area contributed by atoms with Gasteiger partial charge in [0.15, 0.2) is 11.5 Å². The lowest BCUT2D eigenvalue weighted by atomic mass is 10.0. The third-order valence-corrected chi connectivity index (χ3v) is 5.05. The Bertz CT molecular complexity index is 1260. The summed E-state index contributed by atoms with van der Waals surface area (Å²) in [7, 11) is 1.49. The standard InChI is InChI=1S/C28H25FN2O3/c1-4-7-21-14-20(15-23(17-30)28(32)31-24-12-10-19(2)11-13-24)16-26(33-3)27(21)34-18-22-8-5-6-9-25(22)29/h4-6,8-16H,1,7,18H2,2-3H3,(H,31,32)/b23-15-. The predicted molar refractivity (Wildman–Crippen MR) is 131 cm³/mol. The lowest BCUT2D eigenvalue weighted by Gasteiger charge is -2.16. The van der Waals surface area contributed by atoms with Crippen LogP contribution in [0.3, 0.4) is 0 Å². The van der Waals surface area contributed by atoms with E-state index in [0.717, 1.165) is 11.1 Å². The molecule has 3 aromatic rings. The zero-order chi connectivity index (χ0) is 24.5. The van der Waals surface area contributed by atoms with Crippen molar-refractivity contribution in [1.82, 2.24) is 0 Å². The van der Waals surface area contributed by atoms with Crippen molar-refractivity contribution in [3.8, 4) is 17.6 Å². The van der Waals surface area contributed by atoms with Crippen LogP contribution in [0, 0.1) is 24.1 Å². The molecule has 34 heavy (non-hydrogen) atoms. The third kappa shape index (κ3) is 6.11. The summed E-state index contributed by atoms with van der Waals surface area (Å²) in [6.45, 7) is 5.75. The van der Waals surface area contributed by atoms with E-state index in [1.54, 1.807) is 48.5 Å². The molecule has 0 aromatic heterocycles. The van der Waals surface area contributed by atoms with Crippen molar-refractivity contribution in [1.29, 1.82) is 5.26 Å². The number of allylic oxidation sites excluding steroid dienone is 1. The predicted octanol–water partition coefficient (Wildman–Crippen LogP) is 6.00. The number of hydrogen-bond donors (Lipinski definition) is 1. The minimum absolute atomic E-state index is 0.0186. The van der Waals surface area contributed by atoms with Crippen LogP contribution in [0.5, 0.6) is 11.5 Å². The molecule has 6 heteroatoms. The normalized spacial score (nSPS) is 10.8. The first kappa shape index (κ1) is 24.3. The molecule has 1 N–H and O–H groups in total. The first-order valence-corrected chi connectivity index (χ1v) is 10.6. The number of hydrogen-bond acceptors (Lipinski definition) is 4. The molecular weight excluding hydrogens is 431 g/mol. The van der Waals surface area contributed by atoms with Crippen LogP contribution in [0.4, 0.5) is 10.1 Å². The van der Waals surface area contributed by atoms with E-state index in [0.29, 0.717) is 34.7 Å². The maximum Gasteiger partial charge on any atom is 0.266 e. The number of rotatable bonds is 9. The van der Waals surface area contributed by atoms with E-state index in [9.17, 15) is 14.4 Å². The zero-order valence-electron chi connectivity index (χ0n) is 19.1. The molecule has 1 amide bonds. The van der Waals surface area contributed by atoms with Crippen molar-refractivity contribution in [2.24, 2.45) is 0 Å². The van der Waals surface area contributed by atoms with Crippen LogP contribution in [0.15, 0.2) is 78.9 Å². The summed E-state index contributed by atoms with van der Waals surface area (Å²) in [4.78, 5) is 12.6. The summed E-state index contributed by atoms with van der Waals surface area (Å²) in [6, 6.07) is 19.1. The van der Waals surface area contributed by atoms with E-state index in [2.05, 4.69) is 11.9 Å². The van der Waals surface area contributed by atoms with Gasteiger partial charge in [0, 0.05) is 16.8 Å². The molecule has 0 spiro atoms. The van der Waals surface area contributed by atoms with Gasteiger partial charge in [0.25, 0.3) is 5.91 Å². The minimum Gasteiger partial charge on any atom is -0.493 e. The van der Waals surface area contributed by atoms with Crippen molar-refractivity contribution in [2.45, 2.75) is 20.0 Å². The fourth-order valence-electron chi connectivity index (χ4n) is 3.31. The number of methoxy groups -OCH3 is 1. The zero-order valence-corrected chi connectivity index (χ0v) is 19.1. The Morgan fingerprint density at radius 1 is 1.15 bits per heavy atom. The fraction of sp³-hybridized carbons (Fsp3) is 0.143. The Kier molecular flexibility index (Phi) is 8.20. The maximum atomic E-state index is 14.0. The molecule has 0 radical (unpaired) electrons. The SMILES string of the molecule is C=CCc1cc(/C=C(/C#N)C(=O)Nc2ccc(C)cc2)cc(OC)c1OCc1ccccc1F. The van der Waals surface area contributed by atoms with Gasteiger partial charge >= 0.3 is 0 Å². The van der Waals surface area contributed by atoms with Crippen LogP contribution >= 0.6 is 0 Å². The summed E-state index contributed by atoms with van der Waals surface area (Å²) >= 11 is 0. The van der Waals surface area contributed by atoms with Crippen LogP contribution in [0.1, 0.15) is 22.3 Å². The number of nitriles is 1. The van der Waals surface area contributed by atoms with Gasteiger partial charge in [-0.1, -0.05) is 42.0 Å².